The molecule has 0 fully saturated rings. The van der Waals surface area contributed by atoms with Gasteiger partial charge in [-0.15, -0.1) is 11.6 Å². The van der Waals surface area contributed by atoms with Crippen LogP contribution in [0.2, 0.25) is 5.02 Å². The lowest BCUT2D eigenvalue weighted by Gasteiger charge is -2.01. The third-order valence-electron chi connectivity index (χ3n) is 2.00. The molecule has 90 valence electrons. The van der Waals surface area contributed by atoms with Crippen molar-refractivity contribution in [3.63, 3.8) is 0 Å². The molecule has 0 aliphatic rings. The van der Waals surface area contributed by atoms with Crippen LogP contribution in [0.1, 0.15) is 6.92 Å². The average molecular weight is 354 g/mol. The molecule has 0 radical (unpaired) electrons. The number of benzene rings is 1. The van der Waals surface area contributed by atoms with Gasteiger partial charge in [-0.2, -0.15) is 0 Å². The summed E-state index contributed by atoms with van der Waals surface area (Å²) in [6.45, 7) is 1.60. The van der Waals surface area contributed by atoms with Gasteiger partial charge in [0, 0.05) is 4.47 Å². The molecule has 0 saturated carbocycles. The van der Waals surface area contributed by atoms with Gasteiger partial charge in [0.2, 0.25) is 5.91 Å². The predicted octanol–water partition coefficient (Wildman–Crippen LogP) is 4.28. The van der Waals surface area contributed by atoms with Crippen LogP contribution >= 0.6 is 50.5 Å². The quantitative estimate of drug-likeness (QED) is 0.819. The molecule has 1 amide bonds. The zero-order chi connectivity index (χ0) is 12.6. The summed E-state index contributed by atoms with van der Waals surface area (Å²) in [4.78, 5) is 15.7. The number of hydrogen-bond acceptors (Lipinski definition) is 3. The van der Waals surface area contributed by atoms with Gasteiger partial charge in [0.05, 0.1) is 9.72 Å². The highest BCUT2D eigenvalue weighted by atomic mass is 79.9. The Balaban J connectivity index is 2.38. The third kappa shape index (κ3) is 2.91. The maximum absolute atomic E-state index is 11.4. The van der Waals surface area contributed by atoms with E-state index in [4.69, 9.17) is 23.2 Å². The Morgan fingerprint density at radius 1 is 1.59 bits per heavy atom. The molecular formula is C10H7BrCl2N2OS. The van der Waals surface area contributed by atoms with E-state index < -0.39 is 5.38 Å². The Hall–Kier alpha value is -0.360. The van der Waals surface area contributed by atoms with Crippen molar-refractivity contribution in [2.75, 3.05) is 5.32 Å². The van der Waals surface area contributed by atoms with Crippen molar-refractivity contribution in [3.8, 4) is 0 Å². The van der Waals surface area contributed by atoms with Gasteiger partial charge < -0.3 is 5.32 Å². The number of thiazole rings is 1. The lowest BCUT2D eigenvalue weighted by molar-refractivity contribution is -0.115. The van der Waals surface area contributed by atoms with E-state index in [9.17, 15) is 4.79 Å². The fourth-order valence-electron chi connectivity index (χ4n) is 1.22. The Morgan fingerprint density at radius 3 is 2.94 bits per heavy atom. The first kappa shape index (κ1) is 13.1. The highest BCUT2D eigenvalue weighted by molar-refractivity contribution is 9.10. The van der Waals surface area contributed by atoms with Crippen LogP contribution in [0.5, 0.6) is 0 Å². The van der Waals surface area contributed by atoms with Crippen molar-refractivity contribution < 1.29 is 4.79 Å². The summed E-state index contributed by atoms with van der Waals surface area (Å²) in [6.07, 6.45) is 0. The number of nitrogens with one attached hydrogen (secondary N) is 1. The summed E-state index contributed by atoms with van der Waals surface area (Å²) in [5, 5.41) is 3.09. The first-order valence-corrected chi connectivity index (χ1v) is 7.10. The highest BCUT2D eigenvalue weighted by Gasteiger charge is 2.13. The van der Waals surface area contributed by atoms with Crippen LogP contribution in [0.3, 0.4) is 0 Å². The van der Waals surface area contributed by atoms with Gasteiger partial charge in [0.1, 0.15) is 10.9 Å². The van der Waals surface area contributed by atoms with Gasteiger partial charge >= 0.3 is 0 Å². The lowest BCUT2D eigenvalue weighted by atomic mass is 10.3. The predicted molar refractivity (Wildman–Crippen MR) is 76.3 cm³/mol. The molecule has 1 heterocycles. The van der Waals surface area contributed by atoms with Crippen LogP contribution in [0.25, 0.3) is 10.2 Å². The molecule has 17 heavy (non-hydrogen) atoms. The number of carbonyl (C=O) groups excluding carboxylic acids is 1. The number of alkyl halides is 1. The first-order chi connectivity index (χ1) is 7.97. The summed E-state index contributed by atoms with van der Waals surface area (Å²) in [5.41, 5.74) is 0.678. The van der Waals surface area contributed by atoms with E-state index in [1.165, 1.54) is 11.3 Å². The number of halogens is 3. The first-order valence-electron chi connectivity index (χ1n) is 4.68. The largest absolute Gasteiger partial charge is 0.301 e. The van der Waals surface area contributed by atoms with Gasteiger partial charge in [-0.05, 0) is 19.1 Å². The molecule has 1 aromatic carbocycles. The minimum Gasteiger partial charge on any atom is -0.301 e. The molecule has 2 aromatic rings. The number of rotatable bonds is 2. The van der Waals surface area contributed by atoms with E-state index in [0.717, 1.165) is 9.17 Å². The molecule has 0 unspecified atom stereocenters. The van der Waals surface area contributed by atoms with E-state index >= 15 is 0 Å². The third-order valence-corrected chi connectivity index (χ3v) is 3.87. The van der Waals surface area contributed by atoms with Crippen LogP contribution in [0, 0.1) is 0 Å². The van der Waals surface area contributed by atoms with Gasteiger partial charge in [0.15, 0.2) is 5.13 Å². The Bertz CT molecular complexity index is 585. The standard InChI is InChI=1S/C10H7BrCl2N2OS/c1-4(12)9(16)15-10-14-8-6(13)2-5(11)3-7(8)17-10/h2-4H,1H3,(H,14,15,16)/t4-/m1/s1. The van der Waals surface area contributed by atoms with Crippen molar-refractivity contribution in [3.05, 3.63) is 21.6 Å². The second kappa shape index (κ2) is 5.10. The molecule has 1 aromatic heterocycles. The van der Waals surface area contributed by atoms with Gasteiger partial charge in [-0.25, -0.2) is 4.98 Å². The average Bonchev–Trinajstić information content (AvgIpc) is 2.60. The number of aromatic nitrogens is 1. The van der Waals surface area contributed by atoms with E-state index in [-0.39, 0.29) is 5.91 Å². The van der Waals surface area contributed by atoms with E-state index in [1.807, 2.05) is 6.07 Å². The molecule has 0 bridgehead atoms. The normalized spacial score (nSPS) is 12.7. The topological polar surface area (TPSA) is 42.0 Å². The minimum absolute atomic E-state index is 0.277. The van der Waals surface area contributed by atoms with Gasteiger partial charge in [-0.1, -0.05) is 38.9 Å². The van der Waals surface area contributed by atoms with E-state index in [0.29, 0.717) is 15.7 Å². The Kier molecular flexibility index (Phi) is 3.92. The smallest absolute Gasteiger partial charge is 0.243 e. The van der Waals surface area contributed by atoms with Crippen LogP contribution in [-0.4, -0.2) is 16.3 Å². The number of fused-ring (bicyclic) bond motifs is 1. The SMILES string of the molecule is C[C@@H](Cl)C(=O)Nc1nc2c(Cl)cc(Br)cc2s1. The molecule has 0 spiro atoms. The van der Waals surface area contributed by atoms with Crippen molar-refractivity contribution in [2.45, 2.75) is 12.3 Å². The van der Waals surface area contributed by atoms with E-state index in [1.54, 1.807) is 13.0 Å². The van der Waals surface area contributed by atoms with E-state index in [2.05, 4.69) is 26.2 Å². The second-order valence-corrected chi connectivity index (χ2v) is 6.37. The highest BCUT2D eigenvalue weighted by Crippen LogP contribution is 2.33. The molecule has 1 atom stereocenters. The number of anilines is 1. The molecule has 3 nitrogen and oxygen atoms in total. The molecule has 0 saturated heterocycles. The summed E-state index contributed by atoms with van der Waals surface area (Å²) in [6, 6.07) is 3.66. The summed E-state index contributed by atoms with van der Waals surface area (Å²) in [5.74, 6) is -0.277. The Labute approximate surface area is 120 Å². The number of amides is 1. The molecule has 0 aliphatic carbocycles. The minimum atomic E-state index is -0.593. The maximum atomic E-state index is 11.4. The number of hydrogen-bond donors (Lipinski definition) is 1. The number of nitrogens with zero attached hydrogens (tertiary/aromatic N) is 1. The van der Waals surface area contributed by atoms with Crippen molar-refractivity contribution in [2.24, 2.45) is 0 Å². The molecule has 7 heteroatoms. The molecule has 2 rings (SSSR count). The lowest BCUT2D eigenvalue weighted by Crippen LogP contribution is -2.19. The van der Waals surface area contributed by atoms with Gasteiger partial charge in [0.25, 0.3) is 0 Å². The zero-order valence-electron chi connectivity index (χ0n) is 8.63. The second-order valence-electron chi connectivity index (χ2n) is 3.36. The zero-order valence-corrected chi connectivity index (χ0v) is 12.5. The fraction of sp³-hybridized carbons (Fsp3) is 0.200. The van der Waals surface area contributed by atoms with Crippen LogP contribution in [-0.2, 0) is 4.79 Å². The number of carbonyl (C=O) groups is 1. The maximum Gasteiger partial charge on any atom is 0.243 e. The van der Waals surface area contributed by atoms with Crippen molar-refractivity contribution in [1.29, 1.82) is 0 Å². The summed E-state index contributed by atoms with van der Waals surface area (Å²) in [7, 11) is 0. The molecular weight excluding hydrogens is 347 g/mol. The summed E-state index contributed by atoms with van der Waals surface area (Å²) < 4.78 is 1.78. The van der Waals surface area contributed by atoms with Crippen molar-refractivity contribution in [1.82, 2.24) is 4.98 Å². The van der Waals surface area contributed by atoms with Crippen molar-refractivity contribution >= 4 is 71.7 Å². The van der Waals surface area contributed by atoms with Crippen LogP contribution in [0.15, 0.2) is 16.6 Å². The Morgan fingerprint density at radius 2 is 2.29 bits per heavy atom. The fourth-order valence-corrected chi connectivity index (χ4v) is 3.26. The molecule has 0 aliphatic heterocycles. The molecule has 1 N–H and O–H groups in total. The monoisotopic (exact) mass is 352 g/mol. The summed E-state index contributed by atoms with van der Waals surface area (Å²) >= 11 is 16.4. The van der Waals surface area contributed by atoms with Crippen LogP contribution in [0.4, 0.5) is 5.13 Å². The van der Waals surface area contributed by atoms with Gasteiger partial charge in [-0.3, -0.25) is 4.79 Å². The van der Waals surface area contributed by atoms with Crippen LogP contribution < -0.4 is 5.32 Å².